The Balaban J connectivity index is 1.92. The third-order valence-corrected chi connectivity index (χ3v) is 4.33. The zero-order valence-corrected chi connectivity index (χ0v) is 14.7. The van der Waals surface area contributed by atoms with E-state index in [9.17, 15) is 27.2 Å². The lowest BCUT2D eigenvalue weighted by molar-refractivity contribution is 0.207. The van der Waals surface area contributed by atoms with Gasteiger partial charge in [0, 0.05) is 24.2 Å². The Morgan fingerprint density at radius 2 is 1.64 bits per heavy atom. The van der Waals surface area contributed by atoms with Crippen molar-refractivity contribution in [2.24, 2.45) is 0 Å². The number of rotatable bonds is 3. The third-order valence-electron chi connectivity index (χ3n) is 4.33. The van der Waals surface area contributed by atoms with Gasteiger partial charge in [-0.05, 0) is 31.2 Å². The Labute approximate surface area is 155 Å². The lowest BCUT2D eigenvalue weighted by Crippen LogP contribution is -2.34. The summed E-state index contributed by atoms with van der Waals surface area (Å²) in [5, 5.41) is 8.35. The number of H-pyrrole nitrogens is 1. The quantitative estimate of drug-likeness (QED) is 0.665. The molecule has 10 heteroatoms. The number of benzene rings is 2. The normalized spacial score (nSPS) is 12.1. The van der Waals surface area contributed by atoms with Crippen molar-refractivity contribution < 1.29 is 22.4 Å². The number of aromatic amines is 1. The van der Waals surface area contributed by atoms with Gasteiger partial charge in [0.2, 0.25) is 0 Å². The van der Waals surface area contributed by atoms with Crippen LogP contribution in [-0.2, 0) is 0 Å². The molecule has 1 heterocycles. The maximum Gasteiger partial charge on any atom is 0.322 e. The number of hydrogen-bond donors (Lipinski definition) is 2. The topological polar surface area (TPSA) is 78.1 Å². The number of amides is 2. The first kappa shape index (κ1) is 19.3. The van der Waals surface area contributed by atoms with E-state index < -0.39 is 40.9 Å². The molecule has 146 valence electrons. The number of nitrogens with one attached hydrogen (secondary N) is 2. The summed E-state index contributed by atoms with van der Waals surface area (Å²) in [4.78, 5) is 25.4. The van der Waals surface area contributed by atoms with E-state index in [0.717, 1.165) is 29.2 Å². The Kier molecular flexibility index (Phi) is 5.04. The van der Waals surface area contributed by atoms with Crippen LogP contribution in [0.5, 0.6) is 0 Å². The number of halogens is 4. The number of carbonyl (C=O) groups is 1. The van der Waals surface area contributed by atoms with Crippen LogP contribution < -0.4 is 10.9 Å². The number of fused-ring (bicyclic) bond motifs is 1. The standard InChI is InChI=1S/C18H14F4N4O2/c1-8(26(2)18(28)23-9-3-4-12(19)13(20)5-9)16-10-6-14(21)15(22)7-11(10)17(27)25-24-16/h3-8H,1-2H3,(H,23,28)(H,25,27)/t8-/m1/s1. The van der Waals surface area contributed by atoms with Crippen molar-refractivity contribution in [2.75, 3.05) is 12.4 Å². The van der Waals surface area contributed by atoms with E-state index in [-0.39, 0.29) is 22.2 Å². The first-order valence-corrected chi connectivity index (χ1v) is 8.05. The highest BCUT2D eigenvalue weighted by atomic mass is 19.2. The largest absolute Gasteiger partial charge is 0.322 e. The molecule has 0 saturated carbocycles. The second-order valence-electron chi connectivity index (χ2n) is 6.10. The predicted molar refractivity (Wildman–Crippen MR) is 93.8 cm³/mol. The number of nitrogens with zero attached hydrogens (tertiary/aromatic N) is 2. The lowest BCUT2D eigenvalue weighted by atomic mass is 10.1. The van der Waals surface area contributed by atoms with Crippen LogP contribution in [-0.4, -0.2) is 28.2 Å². The zero-order chi connectivity index (χ0) is 20.6. The van der Waals surface area contributed by atoms with Crippen LogP contribution in [0, 0.1) is 23.3 Å². The van der Waals surface area contributed by atoms with E-state index in [1.165, 1.54) is 13.1 Å². The van der Waals surface area contributed by atoms with Crippen molar-refractivity contribution in [1.29, 1.82) is 0 Å². The van der Waals surface area contributed by atoms with Crippen molar-refractivity contribution >= 4 is 22.5 Å². The highest BCUT2D eigenvalue weighted by Crippen LogP contribution is 2.26. The van der Waals surface area contributed by atoms with Crippen molar-refractivity contribution in [3.05, 3.63) is 69.6 Å². The van der Waals surface area contributed by atoms with E-state index in [1.54, 1.807) is 6.92 Å². The molecule has 0 aliphatic rings. The van der Waals surface area contributed by atoms with Gasteiger partial charge >= 0.3 is 6.03 Å². The van der Waals surface area contributed by atoms with Crippen molar-refractivity contribution in [3.63, 3.8) is 0 Å². The van der Waals surface area contributed by atoms with Crippen LogP contribution in [0.1, 0.15) is 18.7 Å². The summed E-state index contributed by atoms with van der Waals surface area (Å²) < 4.78 is 53.4. The monoisotopic (exact) mass is 394 g/mol. The predicted octanol–water partition coefficient (Wildman–Crippen LogP) is 3.70. The molecular weight excluding hydrogens is 380 g/mol. The summed E-state index contributed by atoms with van der Waals surface area (Å²) in [5.41, 5.74) is -0.564. The maximum atomic E-state index is 13.7. The molecule has 0 bridgehead atoms. The van der Waals surface area contributed by atoms with Gasteiger partial charge in [0.05, 0.1) is 17.1 Å². The van der Waals surface area contributed by atoms with E-state index in [1.807, 2.05) is 0 Å². The summed E-state index contributed by atoms with van der Waals surface area (Å²) in [7, 11) is 1.39. The summed E-state index contributed by atoms with van der Waals surface area (Å²) in [6.45, 7) is 1.55. The molecule has 2 N–H and O–H groups in total. The molecule has 2 aromatic carbocycles. The van der Waals surface area contributed by atoms with E-state index in [0.29, 0.717) is 0 Å². The Bertz CT molecular complexity index is 1130. The Hall–Kier alpha value is -3.43. The van der Waals surface area contributed by atoms with Gasteiger partial charge in [-0.2, -0.15) is 5.10 Å². The minimum Gasteiger partial charge on any atom is -0.319 e. The van der Waals surface area contributed by atoms with Crippen molar-refractivity contribution in [1.82, 2.24) is 15.1 Å². The van der Waals surface area contributed by atoms with Crippen LogP contribution in [0.25, 0.3) is 10.8 Å². The molecular formula is C18H14F4N4O2. The van der Waals surface area contributed by atoms with Crippen LogP contribution in [0.15, 0.2) is 35.1 Å². The second kappa shape index (κ2) is 7.29. The van der Waals surface area contributed by atoms with Gasteiger partial charge in [0.15, 0.2) is 23.3 Å². The highest BCUT2D eigenvalue weighted by Gasteiger charge is 2.23. The van der Waals surface area contributed by atoms with Gasteiger partial charge in [-0.15, -0.1) is 0 Å². The summed E-state index contributed by atoms with van der Waals surface area (Å²) in [6.07, 6.45) is 0. The van der Waals surface area contributed by atoms with E-state index in [4.69, 9.17) is 0 Å². The molecule has 0 unspecified atom stereocenters. The van der Waals surface area contributed by atoms with Crippen LogP contribution in [0.3, 0.4) is 0 Å². The number of aromatic nitrogens is 2. The van der Waals surface area contributed by atoms with Crippen LogP contribution in [0.4, 0.5) is 28.0 Å². The lowest BCUT2D eigenvalue weighted by Gasteiger charge is -2.25. The van der Waals surface area contributed by atoms with E-state index in [2.05, 4.69) is 15.5 Å². The van der Waals surface area contributed by atoms with Gasteiger partial charge in [-0.25, -0.2) is 27.5 Å². The van der Waals surface area contributed by atoms with E-state index >= 15 is 0 Å². The fraction of sp³-hybridized carbons (Fsp3) is 0.167. The molecule has 2 amide bonds. The number of urea groups is 1. The molecule has 0 spiro atoms. The number of anilines is 1. The summed E-state index contributed by atoms with van der Waals surface area (Å²) in [5.74, 6) is -4.54. The molecule has 3 aromatic rings. The average Bonchev–Trinajstić information content (AvgIpc) is 2.65. The Morgan fingerprint density at radius 1 is 1.04 bits per heavy atom. The van der Waals surface area contributed by atoms with Gasteiger partial charge < -0.3 is 10.2 Å². The van der Waals surface area contributed by atoms with Crippen molar-refractivity contribution in [2.45, 2.75) is 13.0 Å². The minimum atomic E-state index is -1.19. The van der Waals surface area contributed by atoms with Gasteiger partial charge in [0.25, 0.3) is 5.56 Å². The molecule has 0 radical (unpaired) electrons. The van der Waals surface area contributed by atoms with Crippen LogP contribution >= 0.6 is 0 Å². The molecule has 0 saturated heterocycles. The molecule has 6 nitrogen and oxygen atoms in total. The molecule has 3 rings (SSSR count). The molecule has 1 atom stereocenters. The maximum absolute atomic E-state index is 13.7. The van der Waals surface area contributed by atoms with Gasteiger partial charge in [-0.1, -0.05) is 0 Å². The molecule has 0 aliphatic carbocycles. The minimum absolute atomic E-state index is 0.0235. The fourth-order valence-corrected chi connectivity index (χ4v) is 2.64. The highest BCUT2D eigenvalue weighted by molar-refractivity contribution is 5.90. The first-order chi connectivity index (χ1) is 13.2. The average molecular weight is 394 g/mol. The third kappa shape index (κ3) is 3.53. The zero-order valence-electron chi connectivity index (χ0n) is 14.7. The van der Waals surface area contributed by atoms with Gasteiger partial charge in [-0.3, -0.25) is 4.79 Å². The Morgan fingerprint density at radius 3 is 2.29 bits per heavy atom. The summed E-state index contributed by atoms with van der Waals surface area (Å²) >= 11 is 0. The summed E-state index contributed by atoms with van der Waals surface area (Å²) in [6, 6.07) is 2.97. The first-order valence-electron chi connectivity index (χ1n) is 8.05. The van der Waals surface area contributed by atoms with Gasteiger partial charge in [0.1, 0.15) is 0 Å². The number of carbonyl (C=O) groups excluding carboxylic acids is 1. The second-order valence-corrected chi connectivity index (χ2v) is 6.10. The smallest absolute Gasteiger partial charge is 0.319 e. The van der Waals surface area contributed by atoms with Crippen LogP contribution in [0.2, 0.25) is 0 Å². The molecule has 0 aliphatic heterocycles. The molecule has 28 heavy (non-hydrogen) atoms. The SMILES string of the molecule is C[C@H](c1n[nH]c(=O)c2cc(F)c(F)cc12)N(C)C(=O)Nc1ccc(F)c(F)c1. The fourth-order valence-electron chi connectivity index (χ4n) is 2.64. The molecule has 1 aromatic heterocycles. The molecule has 0 fully saturated rings. The number of hydrogen-bond acceptors (Lipinski definition) is 3. The van der Waals surface area contributed by atoms with Crippen molar-refractivity contribution in [3.8, 4) is 0 Å².